The van der Waals surface area contributed by atoms with Crippen molar-refractivity contribution in [1.29, 1.82) is 0 Å². The first-order valence-corrected chi connectivity index (χ1v) is 3.78. The van der Waals surface area contributed by atoms with Crippen molar-refractivity contribution < 1.29 is 9.53 Å². The van der Waals surface area contributed by atoms with Gasteiger partial charge in [0.1, 0.15) is 0 Å². The lowest BCUT2D eigenvalue weighted by atomic mass is 10.4. The van der Waals surface area contributed by atoms with Gasteiger partial charge in [0, 0.05) is 6.20 Å². The van der Waals surface area contributed by atoms with E-state index in [2.05, 4.69) is 19.8 Å². The van der Waals surface area contributed by atoms with Crippen LogP contribution < -0.4 is 5.73 Å². The molecule has 0 atom stereocenters. The van der Waals surface area contributed by atoms with E-state index in [1.165, 1.54) is 23.9 Å². The molecule has 0 saturated heterocycles. The lowest BCUT2D eigenvalue weighted by molar-refractivity contribution is 0.0590. The Morgan fingerprint density at radius 3 is 3.14 bits per heavy atom. The Bertz CT molecular complexity index is 492. The molecule has 2 aromatic heterocycles. The van der Waals surface area contributed by atoms with Crippen LogP contribution in [0.25, 0.3) is 5.78 Å². The maximum absolute atomic E-state index is 11.3. The summed E-state index contributed by atoms with van der Waals surface area (Å²) in [6.45, 7) is 0. The van der Waals surface area contributed by atoms with Crippen LogP contribution in [0.5, 0.6) is 0 Å². The summed E-state index contributed by atoms with van der Waals surface area (Å²) in [5, 5.41) is 3.80. The molecule has 2 aromatic rings. The molecular weight excluding hydrogens is 186 g/mol. The first kappa shape index (κ1) is 8.42. The van der Waals surface area contributed by atoms with Gasteiger partial charge in [-0.15, -0.1) is 5.10 Å². The van der Waals surface area contributed by atoms with Crippen LogP contribution in [-0.2, 0) is 4.74 Å². The number of carbonyl (C=O) groups is 1. The summed E-state index contributed by atoms with van der Waals surface area (Å²) in [7, 11) is 1.29. The highest BCUT2D eigenvalue weighted by Crippen LogP contribution is 2.04. The second kappa shape index (κ2) is 2.95. The molecule has 2 N–H and O–H groups in total. The highest BCUT2D eigenvalue weighted by molar-refractivity contribution is 5.87. The van der Waals surface area contributed by atoms with Gasteiger partial charge in [-0.1, -0.05) is 0 Å². The zero-order chi connectivity index (χ0) is 10.1. The Morgan fingerprint density at radius 1 is 1.64 bits per heavy atom. The predicted octanol–water partition coefficient (Wildman–Crippen LogP) is -0.507. The van der Waals surface area contributed by atoms with Gasteiger partial charge >= 0.3 is 5.97 Å². The lowest BCUT2D eigenvalue weighted by Crippen LogP contribution is -2.09. The molecule has 0 aliphatic rings. The van der Waals surface area contributed by atoms with E-state index in [9.17, 15) is 4.79 Å². The van der Waals surface area contributed by atoms with Crippen LogP contribution >= 0.6 is 0 Å². The third-order valence-electron chi connectivity index (χ3n) is 1.65. The highest BCUT2D eigenvalue weighted by Gasteiger charge is 2.12. The minimum Gasteiger partial charge on any atom is -0.464 e. The van der Waals surface area contributed by atoms with Crippen molar-refractivity contribution in [2.45, 2.75) is 0 Å². The first-order valence-electron chi connectivity index (χ1n) is 3.78. The minimum absolute atomic E-state index is 0.0638. The molecule has 0 fully saturated rings. The fraction of sp³-hybridized carbons (Fsp3) is 0.143. The number of hydrogen-bond donors (Lipinski definition) is 1. The van der Waals surface area contributed by atoms with Crippen LogP contribution in [0.2, 0.25) is 0 Å². The molecule has 0 aliphatic heterocycles. The van der Waals surface area contributed by atoms with E-state index in [-0.39, 0.29) is 17.4 Å². The van der Waals surface area contributed by atoms with Crippen molar-refractivity contribution >= 4 is 17.7 Å². The number of rotatable bonds is 1. The van der Waals surface area contributed by atoms with Crippen LogP contribution in [0.15, 0.2) is 12.3 Å². The average molecular weight is 193 g/mol. The fourth-order valence-electron chi connectivity index (χ4n) is 1.07. The third-order valence-corrected chi connectivity index (χ3v) is 1.65. The second-order valence-electron chi connectivity index (χ2n) is 2.50. The molecule has 0 spiro atoms. The molecule has 0 amide bonds. The van der Waals surface area contributed by atoms with E-state index in [1.807, 2.05) is 0 Å². The van der Waals surface area contributed by atoms with Gasteiger partial charge in [-0.3, -0.25) is 0 Å². The molecule has 0 unspecified atom stereocenters. The Balaban J connectivity index is 2.70. The van der Waals surface area contributed by atoms with Gasteiger partial charge in [0.25, 0.3) is 5.78 Å². The van der Waals surface area contributed by atoms with Crippen molar-refractivity contribution in [3.05, 3.63) is 18.0 Å². The highest BCUT2D eigenvalue weighted by atomic mass is 16.5. The number of nitrogens with zero attached hydrogens (tertiary/aromatic N) is 4. The molecule has 0 bridgehead atoms. The molecule has 0 saturated carbocycles. The average Bonchev–Trinajstić information content (AvgIpc) is 2.56. The number of hydrogen-bond acceptors (Lipinski definition) is 6. The third kappa shape index (κ3) is 1.15. The number of aromatic nitrogens is 4. The second-order valence-corrected chi connectivity index (χ2v) is 2.50. The maximum atomic E-state index is 11.3. The summed E-state index contributed by atoms with van der Waals surface area (Å²) in [5.41, 5.74) is 5.60. The minimum atomic E-state index is -0.512. The Kier molecular flexibility index (Phi) is 1.77. The van der Waals surface area contributed by atoms with Gasteiger partial charge in [-0.25, -0.2) is 9.78 Å². The van der Waals surface area contributed by atoms with E-state index in [4.69, 9.17) is 5.73 Å². The van der Waals surface area contributed by atoms with Crippen molar-refractivity contribution in [3.63, 3.8) is 0 Å². The summed E-state index contributed by atoms with van der Waals surface area (Å²) >= 11 is 0. The van der Waals surface area contributed by atoms with Gasteiger partial charge in [0.15, 0.2) is 5.69 Å². The molecule has 7 nitrogen and oxygen atoms in total. The number of nitrogen functional groups attached to an aromatic ring is 1. The largest absolute Gasteiger partial charge is 0.464 e. The van der Waals surface area contributed by atoms with E-state index in [1.54, 1.807) is 0 Å². The number of nitrogens with two attached hydrogens (primary N) is 1. The van der Waals surface area contributed by atoms with Gasteiger partial charge in [0.05, 0.1) is 7.11 Å². The number of ether oxygens (including phenoxy) is 1. The van der Waals surface area contributed by atoms with Gasteiger partial charge in [-0.2, -0.15) is 9.50 Å². The molecule has 14 heavy (non-hydrogen) atoms. The normalized spacial score (nSPS) is 10.4. The number of esters is 1. The van der Waals surface area contributed by atoms with Crippen molar-refractivity contribution in [1.82, 2.24) is 19.6 Å². The summed E-state index contributed by atoms with van der Waals surface area (Å²) in [6, 6.07) is 1.48. The smallest absolute Gasteiger partial charge is 0.356 e. The Morgan fingerprint density at radius 2 is 2.43 bits per heavy atom. The van der Waals surface area contributed by atoms with Gasteiger partial charge in [-0.05, 0) is 6.07 Å². The topological polar surface area (TPSA) is 95.4 Å². The summed E-state index contributed by atoms with van der Waals surface area (Å²) in [5.74, 6) is -0.179. The van der Waals surface area contributed by atoms with Crippen molar-refractivity contribution in [2.75, 3.05) is 12.8 Å². The van der Waals surface area contributed by atoms with Gasteiger partial charge < -0.3 is 10.5 Å². The number of fused-ring (bicyclic) bond motifs is 1. The molecular formula is C7H7N5O2. The standard InChI is InChI=1S/C7H7N5O2/c1-14-5(13)4-2-3-9-7-10-6(8)11-12(4)7/h2-3H,1H3,(H2,8,11). The Labute approximate surface area is 78.5 Å². The van der Waals surface area contributed by atoms with Crippen LogP contribution in [0.3, 0.4) is 0 Å². The molecule has 0 aliphatic carbocycles. The van der Waals surface area contributed by atoms with E-state index in [0.29, 0.717) is 0 Å². The van der Waals surface area contributed by atoms with E-state index in [0.717, 1.165) is 0 Å². The summed E-state index contributed by atoms with van der Waals surface area (Å²) in [4.78, 5) is 18.9. The first-order chi connectivity index (χ1) is 6.72. The molecule has 2 heterocycles. The van der Waals surface area contributed by atoms with Crippen LogP contribution in [0.1, 0.15) is 10.5 Å². The monoisotopic (exact) mass is 193 g/mol. The molecule has 7 heteroatoms. The number of methoxy groups -OCH3 is 1. The molecule has 0 radical (unpaired) electrons. The van der Waals surface area contributed by atoms with E-state index < -0.39 is 5.97 Å². The van der Waals surface area contributed by atoms with Crippen molar-refractivity contribution in [2.24, 2.45) is 0 Å². The zero-order valence-corrected chi connectivity index (χ0v) is 7.34. The quantitative estimate of drug-likeness (QED) is 0.613. The lowest BCUT2D eigenvalue weighted by Gasteiger charge is -1.99. The summed E-state index contributed by atoms with van der Waals surface area (Å²) < 4.78 is 5.79. The molecule has 2 rings (SSSR count). The maximum Gasteiger partial charge on any atom is 0.356 e. The van der Waals surface area contributed by atoms with Crippen LogP contribution in [0, 0.1) is 0 Å². The van der Waals surface area contributed by atoms with Crippen LogP contribution in [-0.4, -0.2) is 32.7 Å². The number of anilines is 1. The summed E-state index contributed by atoms with van der Waals surface area (Å²) in [6.07, 6.45) is 1.44. The molecule has 72 valence electrons. The Hall–Kier alpha value is -2.18. The zero-order valence-electron chi connectivity index (χ0n) is 7.34. The molecule has 0 aromatic carbocycles. The van der Waals surface area contributed by atoms with Crippen LogP contribution in [0.4, 0.5) is 5.95 Å². The van der Waals surface area contributed by atoms with E-state index >= 15 is 0 Å². The van der Waals surface area contributed by atoms with Crippen molar-refractivity contribution in [3.8, 4) is 0 Å². The fourth-order valence-corrected chi connectivity index (χ4v) is 1.07. The number of carbonyl (C=O) groups excluding carboxylic acids is 1. The SMILES string of the molecule is COC(=O)c1ccnc2nc(N)nn12. The van der Waals surface area contributed by atoms with Gasteiger partial charge in [0.2, 0.25) is 5.95 Å². The predicted molar refractivity (Wildman–Crippen MR) is 46.5 cm³/mol.